The number of anilines is 1. The average Bonchev–Trinajstić information content (AvgIpc) is 2.53. The first-order valence-electron chi connectivity index (χ1n) is 7.11. The molecule has 0 heterocycles. The molecule has 7 nitrogen and oxygen atoms in total. The Hall–Kier alpha value is -2.01. The van der Waals surface area contributed by atoms with Gasteiger partial charge in [-0.2, -0.15) is 4.79 Å². The predicted molar refractivity (Wildman–Crippen MR) is 86.8 cm³/mol. The van der Waals surface area contributed by atoms with Crippen LogP contribution in [0, 0.1) is 0 Å². The zero-order chi connectivity index (χ0) is 16.7. The van der Waals surface area contributed by atoms with Gasteiger partial charge in [0, 0.05) is 17.5 Å². The van der Waals surface area contributed by atoms with Crippen molar-refractivity contribution in [1.29, 1.82) is 0 Å². The monoisotopic (exact) mass is 335 g/mol. The second-order valence-corrected chi connectivity index (χ2v) is 6.28. The summed E-state index contributed by atoms with van der Waals surface area (Å²) < 4.78 is 15.0. The molecule has 0 aliphatic heterocycles. The van der Waals surface area contributed by atoms with E-state index in [0.717, 1.165) is 16.9 Å². The van der Waals surface area contributed by atoms with Gasteiger partial charge in [-0.05, 0) is 42.7 Å². The van der Waals surface area contributed by atoms with Crippen LogP contribution in [0.3, 0.4) is 0 Å². The second-order valence-electron chi connectivity index (χ2n) is 5.04. The Morgan fingerprint density at radius 2 is 2.00 bits per heavy atom. The second kappa shape index (κ2) is 8.02. The maximum absolute atomic E-state index is 10.5. The Morgan fingerprint density at radius 3 is 2.57 bits per heavy atom. The summed E-state index contributed by atoms with van der Waals surface area (Å²) >= 11 is 0. The van der Waals surface area contributed by atoms with Crippen LogP contribution in [-0.4, -0.2) is 26.9 Å². The lowest BCUT2D eigenvalue weighted by atomic mass is 10.1. The molecule has 1 aromatic carbocycles. The average molecular weight is 335 g/mol. The first-order valence-corrected chi connectivity index (χ1v) is 8.64. The molecule has 0 unspecified atom stereocenters. The molecule has 23 heavy (non-hydrogen) atoms. The topological polar surface area (TPSA) is 115 Å². The molecule has 8 heteroatoms. The van der Waals surface area contributed by atoms with E-state index in [-0.39, 0.29) is 6.61 Å². The summed E-state index contributed by atoms with van der Waals surface area (Å²) in [5.74, 6) is 0. The summed E-state index contributed by atoms with van der Waals surface area (Å²) in [6.45, 7) is 0.0245. The first kappa shape index (κ1) is 17.3. The summed E-state index contributed by atoms with van der Waals surface area (Å²) in [7, 11) is -4.37. The van der Waals surface area contributed by atoms with Gasteiger partial charge in [0.2, 0.25) is 0 Å². The fraction of sp³-hybridized carbons (Fsp3) is 0.267. The molecule has 0 saturated heterocycles. The Labute approximate surface area is 134 Å². The van der Waals surface area contributed by atoms with E-state index in [1.165, 1.54) is 0 Å². The van der Waals surface area contributed by atoms with Gasteiger partial charge in [0.15, 0.2) is 0 Å². The minimum Gasteiger partial charge on any atom is -0.361 e. The number of aryl methyl sites for hydroxylation is 1. The Kier molecular flexibility index (Phi) is 6.04. The molecule has 0 amide bonds. The normalized spacial score (nSPS) is 14.3. The van der Waals surface area contributed by atoms with Gasteiger partial charge in [-0.15, -0.1) is 0 Å². The number of benzene rings is 1. The Balaban J connectivity index is 1.81. The van der Waals surface area contributed by atoms with E-state index >= 15 is 0 Å². The largest absolute Gasteiger partial charge is 0.469 e. The third-order valence-corrected chi connectivity index (χ3v) is 3.75. The van der Waals surface area contributed by atoms with E-state index in [1.54, 1.807) is 6.08 Å². The van der Waals surface area contributed by atoms with E-state index in [4.69, 9.17) is 15.3 Å². The van der Waals surface area contributed by atoms with Crippen molar-refractivity contribution in [2.24, 2.45) is 0 Å². The number of hydrogen-bond acceptors (Lipinski definition) is 3. The molecule has 1 aliphatic carbocycles. The zero-order valence-corrected chi connectivity index (χ0v) is 13.3. The van der Waals surface area contributed by atoms with Crippen LogP contribution in [0.4, 0.5) is 5.69 Å². The highest BCUT2D eigenvalue weighted by atomic mass is 31.2. The number of nitrogens with zero attached hydrogens (tertiary/aromatic N) is 2. The molecule has 2 rings (SSSR count). The van der Waals surface area contributed by atoms with Gasteiger partial charge in [0.1, 0.15) is 0 Å². The number of allylic oxidation sites excluding steroid dienone is 3. The van der Waals surface area contributed by atoms with Crippen molar-refractivity contribution in [1.82, 2.24) is 0 Å². The highest BCUT2D eigenvalue weighted by Crippen LogP contribution is 2.35. The number of nitrogens with one attached hydrogen (secondary N) is 1. The zero-order valence-electron chi connectivity index (χ0n) is 12.4. The van der Waals surface area contributed by atoms with Gasteiger partial charge in [-0.25, -0.2) is 4.57 Å². The Bertz CT molecular complexity index is 700. The highest BCUT2D eigenvalue weighted by Gasteiger charge is 2.12. The van der Waals surface area contributed by atoms with Gasteiger partial charge in [0.25, 0.3) is 5.71 Å². The van der Waals surface area contributed by atoms with Crippen molar-refractivity contribution in [3.8, 4) is 0 Å². The molecule has 0 radical (unpaired) electrons. The summed E-state index contributed by atoms with van der Waals surface area (Å²) in [5, 5.41) is 3.25. The molecular weight excluding hydrogens is 317 g/mol. The van der Waals surface area contributed by atoms with Crippen LogP contribution in [0.25, 0.3) is 5.53 Å². The van der Waals surface area contributed by atoms with Gasteiger partial charge in [-0.3, -0.25) is 4.52 Å². The molecule has 0 atom stereocenters. The predicted octanol–water partition coefficient (Wildman–Crippen LogP) is 2.66. The molecule has 0 spiro atoms. The van der Waals surface area contributed by atoms with Crippen molar-refractivity contribution >= 4 is 19.2 Å². The van der Waals surface area contributed by atoms with Crippen LogP contribution < -0.4 is 5.32 Å². The van der Waals surface area contributed by atoms with E-state index in [0.29, 0.717) is 25.0 Å². The van der Waals surface area contributed by atoms with Crippen molar-refractivity contribution in [2.45, 2.75) is 19.3 Å². The molecule has 0 fully saturated rings. The number of phosphoric ester groups is 1. The molecule has 3 N–H and O–H groups in total. The van der Waals surface area contributed by atoms with Gasteiger partial charge < -0.3 is 20.6 Å². The van der Waals surface area contributed by atoms with Crippen LogP contribution >= 0.6 is 7.82 Å². The number of phosphoric acid groups is 1. The fourth-order valence-corrected chi connectivity index (χ4v) is 2.45. The summed E-state index contributed by atoms with van der Waals surface area (Å²) in [4.78, 5) is 20.3. The van der Waals surface area contributed by atoms with Crippen LogP contribution in [0.2, 0.25) is 0 Å². The van der Waals surface area contributed by atoms with Crippen LogP contribution in [0.1, 0.15) is 18.4 Å². The van der Waals surface area contributed by atoms with E-state index in [1.807, 2.05) is 36.4 Å². The third-order valence-electron chi connectivity index (χ3n) is 3.23. The molecule has 1 aromatic rings. The lowest BCUT2D eigenvalue weighted by Gasteiger charge is -2.10. The standard InChI is InChI=1S/C15H18N3O4P/c16-18-15-9-7-14(8-10-15)17-13-5-3-12(4-6-13)2-1-11-22-23(19,20)21/h3-9,17H,1-2,10-11H2,(H2,19,20,21). The first-order chi connectivity index (χ1) is 11.0. The van der Waals surface area contributed by atoms with Gasteiger partial charge >= 0.3 is 7.82 Å². The molecule has 122 valence electrons. The number of rotatable bonds is 7. The van der Waals surface area contributed by atoms with Crippen molar-refractivity contribution in [3.63, 3.8) is 0 Å². The van der Waals surface area contributed by atoms with Gasteiger partial charge in [0.05, 0.1) is 13.0 Å². The lowest BCUT2D eigenvalue weighted by Crippen LogP contribution is -2.05. The van der Waals surface area contributed by atoms with Crippen molar-refractivity contribution in [2.75, 3.05) is 11.9 Å². The SMILES string of the molecule is [N-]=[N+]=C1C=CC(Nc2ccc(CCCOP(=O)(O)O)cc2)=CC1. The maximum atomic E-state index is 10.5. The van der Waals surface area contributed by atoms with Crippen LogP contribution in [-0.2, 0) is 15.5 Å². The quantitative estimate of drug-likeness (QED) is 0.307. The lowest BCUT2D eigenvalue weighted by molar-refractivity contribution is -0.00540. The maximum Gasteiger partial charge on any atom is 0.469 e. The minimum atomic E-state index is -4.37. The molecule has 0 bridgehead atoms. The molecular formula is C15H18N3O4P. The fourth-order valence-electron chi connectivity index (χ4n) is 2.08. The van der Waals surface area contributed by atoms with Crippen molar-refractivity contribution in [3.05, 3.63) is 59.3 Å². The smallest absolute Gasteiger partial charge is 0.361 e. The highest BCUT2D eigenvalue weighted by molar-refractivity contribution is 7.46. The van der Waals surface area contributed by atoms with Crippen molar-refractivity contribution < 1.29 is 23.7 Å². The summed E-state index contributed by atoms with van der Waals surface area (Å²) in [6.07, 6.45) is 7.31. The van der Waals surface area contributed by atoms with E-state index in [2.05, 4.69) is 14.6 Å². The summed E-state index contributed by atoms with van der Waals surface area (Å²) in [6, 6.07) is 7.77. The van der Waals surface area contributed by atoms with Crippen LogP contribution in [0.15, 0.2) is 48.2 Å². The third kappa shape index (κ3) is 6.32. The molecule has 0 saturated carbocycles. The Morgan fingerprint density at radius 1 is 1.26 bits per heavy atom. The van der Waals surface area contributed by atoms with Gasteiger partial charge in [-0.1, -0.05) is 12.1 Å². The van der Waals surface area contributed by atoms with E-state index in [9.17, 15) is 4.57 Å². The number of hydrogen-bond donors (Lipinski definition) is 3. The summed E-state index contributed by atoms with van der Waals surface area (Å²) in [5.41, 5.74) is 12.2. The van der Waals surface area contributed by atoms with E-state index < -0.39 is 7.82 Å². The minimum absolute atomic E-state index is 0.0245. The molecule has 1 aliphatic rings. The van der Waals surface area contributed by atoms with Crippen LogP contribution in [0.5, 0.6) is 0 Å². The molecule has 0 aromatic heterocycles.